The van der Waals surface area contributed by atoms with Crippen LogP contribution in [0.5, 0.6) is 0 Å². The van der Waals surface area contributed by atoms with Crippen LogP contribution in [0.1, 0.15) is 33.1 Å². The minimum absolute atomic E-state index is 0.0159. The first-order valence-electron chi connectivity index (χ1n) is 8.24. The number of cyclic esters (lactones) is 1. The van der Waals surface area contributed by atoms with Crippen molar-refractivity contribution in [3.05, 3.63) is 35.7 Å². The van der Waals surface area contributed by atoms with Gasteiger partial charge in [-0.25, -0.2) is 4.98 Å². The summed E-state index contributed by atoms with van der Waals surface area (Å²) in [7, 11) is 0. The van der Waals surface area contributed by atoms with Crippen LogP contribution in [0.15, 0.2) is 45.9 Å². The highest BCUT2D eigenvalue weighted by atomic mass is 32.1. The van der Waals surface area contributed by atoms with Gasteiger partial charge < -0.3 is 4.74 Å². The van der Waals surface area contributed by atoms with Crippen LogP contribution in [0.4, 0.5) is 5.13 Å². The molecule has 3 atom stereocenters. The molecule has 3 unspecified atom stereocenters. The largest absolute Gasteiger partial charge is 0.462 e. The van der Waals surface area contributed by atoms with Crippen molar-refractivity contribution in [1.29, 1.82) is 0 Å². The number of benzene rings is 1. The normalized spacial score (nSPS) is 22.0. The number of esters is 1. The quantitative estimate of drug-likeness (QED) is 0.547. The number of carbonyl (C=O) groups is 1. The van der Waals surface area contributed by atoms with Gasteiger partial charge in [0, 0.05) is 10.9 Å². The minimum atomic E-state index is -0.0703. The number of hydrogen-bond acceptors (Lipinski definition) is 6. The molecular weight excluding hydrogens is 322 g/mol. The van der Waals surface area contributed by atoms with Crippen LogP contribution in [0.3, 0.4) is 0 Å². The molecule has 1 fully saturated rings. The fraction of sp³-hybridized carbons (Fsp3) is 0.444. The van der Waals surface area contributed by atoms with Crippen molar-refractivity contribution in [1.82, 2.24) is 4.98 Å². The first-order chi connectivity index (χ1) is 11.6. The Morgan fingerprint density at radius 1 is 1.38 bits per heavy atom. The zero-order valence-electron chi connectivity index (χ0n) is 13.9. The summed E-state index contributed by atoms with van der Waals surface area (Å²) >= 11 is 1.48. The molecule has 0 spiro atoms. The molecule has 0 amide bonds. The topological polar surface area (TPSA) is 63.9 Å². The fourth-order valence-corrected chi connectivity index (χ4v) is 3.43. The van der Waals surface area contributed by atoms with Crippen LogP contribution in [0.25, 0.3) is 11.3 Å². The first-order valence-corrected chi connectivity index (χ1v) is 9.12. The molecule has 2 heterocycles. The Labute approximate surface area is 145 Å². The predicted molar refractivity (Wildman–Crippen MR) is 94.4 cm³/mol. The summed E-state index contributed by atoms with van der Waals surface area (Å²) in [6, 6.07) is 10.1. The van der Waals surface area contributed by atoms with Gasteiger partial charge in [-0.2, -0.15) is 5.11 Å². The van der Waals surface area contributed by atoms with Crippen LogP contribution in [0.2, 0.25) is 0 Å². The molecule has 6 heteroatoms. The molecule has 5 nitrogen and oxygen atoms in total. The third-order valence-corrected chi connectivity index (χ3v) is 4.83. The highest BCUT2D eigenvalue weighted by Crippen LogP contribution is 2.28. The van der Waals surface area contributed by atoms with Gasteiger partial charge in [-0.15, -0.1) is 16.5 Å². The molecule has 1 aliphatic rings. The van der Waals surface area contributed by atoms with Crippen LogP contribution >= 0.6 is 11.3 Å². The van der Waals surface area contributed by atoms with Crippen LogP contribution < -0.4 is 0 Å². The Kier molecular flexibility index (Phi) is 5.35. The molecule has 1 aliphatic heterocycles. The van der Waals surface area contributed by atoms with E-state index in [9.17, 15) is 4.79 Å². The maximum Gasteiger partial charge on any atom is 0.309 e. The highest BCUT2D eigenvalue weighted by molar-refractivity contribution is 7.13. The summed E-state index contributed by atoms with van der Waals surface area (Å²) in [6.45, 7) is 3.95. The average molecular weight is 343 g/mol. The molecular formula is C18H21N3O2S. The number of carbonyl (C=O) groups excluding carboxylic acids is 1. The number of hydrogen-bond donors (Lipinski definition) is 0. The van der Waals surface area contributed by atoms with E-state index in [2.05, 4.69) is 15.2 Å². The van der Waals surface area contributed by atoms with Crippen molar-refractivity contribution in [2.75, 3.05) is 0 Å². The van der Waals surface area contributed by atoms with E-state index in [1.807, 2.05) is 49.6 Å². The van der Waals surface area contributed by atoms with Gasteiger partial charge in [0.2, 0.25) is 5.13 Å². The van der Waals surface area contributed by atoms with Crippen LogP contribution in [-0.2, 0) is 9.53 Å². The zero-order valence-corrected chi connectivity index (χ0v) is 14.7. The van der Waals surface area contributed by atoms with E-state index in [0.717, 1.165) is 30.5 Å². The van der Waals surface area contributed by atoms with E-state index in [-0.39, 0.29) is 24.0 Å². The Bertz CT molecular complexity index is 714. The Balaban J connectivity index is 1.52. The van der Waals surface area contributed by atoms with Gasteiger partial charge >= 0.3 is 5.97 Å². The molecule has 0 saturated carbocycles. The maximum atomic E-state index is 11.6. The smallest absolute Gasteiger partial charge is 0.309 e. The number of thiazole rings is 1. The number of rotatable bonds is 6. The third kappa shape index (κ3) is 4.26. The molecule has 0 bridgehead atoms. The van der Waals surface area contributed by atoms with Crippen molar-refractivity contribution in [2.45, 2.75) is 45.3 Å². The summed E-state index contributed by atoms with van der Waals surface area (Å²) in [5.74, 6) is -0.0544. The van der Waals surface area contributed by atoms with E-state index in [1.165, 1.54) is 11.3 Å². The number of aromatic nitrogens is 1. The minimum Gasteiger partial charge on any atom is -0.462 e. The lowest BCUT2D eigenvalue weighted by Gasteiger charge is -2.07. The van der Waals surface area contributed by atoms with Crippen LogP contribution in [0, 0.1) is 5.92 Å². The van der Waals surface area contributed by atoms with Gasteiger partial charge in [0.05, 0.1) is 23.8 Å². The number of ether oxygens (including phenoxy) is 1. The van der Waals surface area contributed by atoms with E-state index in [0.29, 0.717) is 5.13 Å². The lowest BCUT2D eigenvalue weighted by atomic mass is 9.98. The number of azo groups is 1. The molecule has 0 radical (unpaired) electrons. The average Bonchev–Trinajstić information content (AvgIpc) is 3.18. The lowest BCUT2D eigenvalue weighted by Crippen LogP contribution is -2.10. The standard InChI is InChI=1S/C18H21N3O2S/c1-12(8-9-15-10-13(2)23-17(15)22)20-21-18-19-16(11-24-18)14-6-4-3-5-7-14/h3-7,11-13,15H,8-10H2,1-2H3. The molecule has 1 aromatic carbocycles. The summed E-state index contributed by atoms with van der Waals surface area (Å²) in [6.07, 6.45) is 2.49. The molecule has 24 heavy (non-hydrogen) atoms. The maximum absolute atomic E-state index is 11.6. The SMILES string of the molecule is CC(CCC1CC(C)OC1=O)N=Nc1nc(-c2ccccc2)cs1. The van der Waals surface area contributed by atoms with Gasteiger partial charge in [-0.3, -0.25) is 4.79 Å². The van der Waals surface area contributed by atoms with Crippen molar-refractivity contribution in [2.24, 2.45) is 16.1 Å². The van der Waals surface area contributed by atoms with E-state index >= 15 is 0 Å². The highest BCUT2D eigenvalue weighted by Gasteiger charge is 2.31. The predicted octanol–water partition coefficient (Wildman–Crippen LogP) is 5.01. The second kappa shape index (κ2) is 7.66. The van der Waals surface area contributed by atoms with Gasteiger partial charge in [-0.05, 0) is 33.1 Å². The van der Waals surface area contributed by atoms with Crippen LogP contribution in [-0.4, -0.2) is 23.1 Å². The summed E-state index contributed by atoms with van der Waals surface area (Å²) < 4.78 is 5.18. The Morgan fingerprint density at radius 2 is 2.17 bits per heavy atom. The second-order valence-corrected chi connectivity index (χ2v) is 7.04. The first kappa shape index (κ1) is 16.8. The van der Waals surface area contributed by atoms with Crippen molar-refractivity contribution >= 4 is 22.4 Å². The molecule has 1 saturated heterocycles. The van der Waals surface area contributed by atoms with Gasteiger partial charge in [0.25, 0.3) is 0 Å². The second-order valence-electron chi connectivity index (χ2n) is 6.20. The zero-order chi connectivity index (χ0) is 16.9. The van der Waals surface area contributed by atoms with Gasteiger partial charge in [0.1, 0.15) is 0 Å². The Morgan fingerprint density at radius 3 is 2.88 bits per heavy atom. The molecule has 0 aliphatic carbocycles. The summed E-state index contributed by atoms with van der Waals surface area (Å²) in [4.78, 5) is 16.1. The molecule has 126 valence electrons. The third-order valence-electron chi connectivity index (χ3n) is 4.10. The van der Waals surface area contributed by atoms with E-state index in [1.54, 1.807) is 0 Å². The monoisotopic (exact) mass is 343 g/mol. The van der Waals surface area contributed by atoms with E-state index in [4.69, 9.17) is 4.74 Å². The van der Waals surface area contributed by atoms with Crippen molar-refractivity contribution in [3.63, 3.8) is 0 Å². The van der Waals surface area contributed by atoms with E-state index < -0.39 is 0 Å². The molecule has 3 rings (SSSR count). The molecule has 0 N–H and O–H groups in total. The van der Waals surface area contributed by atoms with Crippen molar-refractivity contribution < 1.29 is 9.53 Å². The fourth-order valence-electron chi connectivity index (χ4n) is 2.77. The number of nitrogens with zero attached hydrogens (tertiary/aromatic N) is 3. The van der Waals surface area contributed by atoms with Gasteiger partial charge in [0.15, 0.2) is 0 Å². The van der Waals surface area contributed by atoms with Crippen molar-refractivity contribution in [3.8, 4) is 11.3 Å². The van der Waals surface area contributed by atoms with Gasteiger partial charge in [-0.1, -0.05) is 30.3 Å². The lowest BCUT2D eigenvalue weighted by molar-refractivity contribution is -0.143. The summed E-state index contributed by atoms with van der Waals surface area (Å²) in [5.41, 5.74) is 2.00. The summed E-state index contributed by atoms with van der Waals surface area (Å²) in [5, 5.41) is 11.2. The Hall–Kier alpha value is -2.08. The molecule has 1 aromatic heterocycles. The molecule has 2 aromatic rings.